The van der Waals surface area contributed by atoms with Crippen LogP contribution in [0.15, 0.2) is 28.7 Å². The Morgan fingerprint density at radius 3 is 2.62 bits per heavy atom. The second-order valence-corrected chi connectivity index (χ2v) is 3.97. The maximum absolute atomic E-state index is 11.6. The van der Waals surface area contributed by atoms with Crippen LogP contribution in [0.1, 0.15) is 10.4 Å². The van der Waals surface area contributed by atoms with Gasteiger partial charge in [0, 0.05) is 10.0 Å². The van der Waals surface area contributed by atoms with Gasteiger partial charge in [0.15, 0.2) is 6.04 Å². The first-order chi connectivity index (χ1) is 7.54. The van der Waals surface area contributed by atoms with Gasteiger partial charge in [-0.3, -0.25) is 4.79 Å². The zero-order valence-electron chi connectivity index (χ0n) is 8.18. The molecule has 16 heavy (non-hydrogen) atoms. The first-order valence-corrected chi connectivity index (χ1v) is 5.24. The molecule has 0 bridgehead atoms. The zero-order valence-corrected chi connectivity index (χ0v) is 9.77. The fraction of sp³-hybridized carbons (Fsp3) is 0.200. The molecule has 0 saturated heterocycles. The molecular formula is C10H10BrNO4. The highest BCUT2D eigenvalue weighted by molar-refractivity contribution is 9.10. The van der Waals surface area contributed by atoms with Crippen LogP contribution in [0.2, 0.25) is 0 Å². The number of hydrogen-bond donors (Lipinski definition) is 3. The molecule has 0 radical (unpaired) electrons. The van der Waals surface area contributed by atoms with Gasteiger partial charge in [0.25, 0.3) is 5.91 Å². The van der Waals surface area contributed by atoms with Crippen molar-refractivity contribution in [2.75, 3.05) is 6.61 Å². The van der Waals surface area contributed by atoms with Crippen molar-refractivity contribution in [3.8, 4) is 0 Å². The Balaban J connectivity index is 2.75. The molecule has 1 atom stereocenters. The molecule has 1 rings (SSSR count). The van der Waals surface area contributed by atoms with E-state index in [1.54, 1.807) is 24.3 Å². The van der Waals surface area contributed by atoms with Crippen LogP contribution in [0.4, 0.5) is 0 Å². The van der Waals surface area contributed by atoms with Crippen LogP contribution < -0.4 is 5.32 Å². The molecule has 3 N–H and O–H groups in total. The average molecular weight is 288 g/mol. The van der Waals surface area contributed by atoms with E-state index < -0.39 is 24.5 Å². The lowest BCUT2D eigenvalue weighted by Gasteiger charge is -2.11. The van der Waals surface area contributed by atoms with E-state index in [0.29, 0.717) is 5.56 Å². The molecule has 1 amide bonds. The summed E-state index contributed by atoms with van der Waals surface area (Å²) in [6.45, 7) is -0.644. The Labute approximate surface area is 100 Å². The van der Waals surface area contributed by atoms with Gasteiger partial charge in [-0.1, -0.05) is 22.0 Å². The van der Waals surface area contributed by atoms with E-state index in [1.165, 1.54) is 0 Å². The number of aliphatic hydroxyl groups excluding tert-OH is 1. The Bertz CT molecular complexity index is 408. The summed E-state index contributed by atoms with van der Waals surface area (Å²) >= 11 is 3.20. The molecule has 0 saturated carbocycles. The van der Waals surface area contributed by atoms with Gasteiger partial charge in [0.05, 0.1) is 6.61 Å². The highest BCUT2D eigenvalue weighted by Crippen LogP contribution is 2.11. The fourth-order valence-electron chi connectivity index (χ4n) is 1.06. The lowest BCUT2D eigenvalue weighted by molar-refractivity contribution is -0.140. The maximum atomic E-state index is 11.6. The Morgan fingerprint density at radius 1 is 1.44 bits per heavy atom. The van der Waals surface area contributed by atoms with Crippen LogP contribution in [0.5, 0.6) is 0 Å². The van der Waals surface area contributed by atoms with Crippen molar-refractivity contribution in [1.29, 1.82) is 0 Å². The minimum absolute atomic E-state index is 0.328. The van der Waals surface area contributed by atoms with Gasteiger partial charge >= 0.3 is 5.97 Å². The minimum Gasteiger partial charge on any atom is -0.480 e. The molecule has 0 aromatic heterocycles. The number of aliphatic carboxylic acids is 1. The minimum atomic E-state index is -1.29. The molecule has 0 aliphatic rings. The molecule has 1 aromatic carbocycles. The van der Waals surface area contributed by atoms with Gasteiger partial charge in [0.2, 0.25) is 0 Å². The molecule has 1 aromatic rings. The fourth-order valence-corrected chi connectivity index (χ4v) is 1.46. The molecule has 0 aliphatic carbocycles. The van der Waals surface area contributed by atoms with Gasteiger partial charge in [-0.25, -0.2) is 4.79 Å². The summed E-state index contributed by atoms with van der Waals surface area (Å²) in [6.07, 6.45) is 0. The number of carbonyl (C=O) groups excluding carboxylic acids is 1. The third-order valence-electron chi connectivity index (χ3n) is 1.87. The topological polar surface area (TPSA) is 86.6 Å². The summed E-state index contributed by atoms with van der Waals surface area (Å²) in [6, 6.07) is 5.24. The molecule has 0 heterocycles. The summed E-state index contributed by atoms with van der Waals surface area (Å²) in [7, 11) is 0. The normalized spacial score (nSPS) is 11.9. The molecule has 0 aliphatic heterocycles. The number of hydrogen-bond acceptors (Lipinski definition) is 3. The lowest BCUT2D eigenvalue weighted by Crippen LogP contribution is -2.43. The van der Waals surface area contributed by atoms with Crippen molar-refractivity contribution >= 4 is 27.8 Å². The summed E-state index contributed by atoms with van der Waals surface area (Å²) in [5.74, 6) is -1.81. The Kier molecular flexibility index (Phi) is 4.45. The number of rotatable bonds is 4. The summed E-state index contributed by atoms with van der Waals surface area (Å²) in [4.78, 5) is 22.1. The highest BCUT2D eigenvalue weighted by atomic mass is 79.9. The van der Waals surface area contributed by atoms with Crippen LogP contribution >= 0.6 is 15.9 Å². The number of carbonyl (C=O) groups is 2. The van der Waals surface area contributed by atoms with E-state index in [-0.39, 0.29) is 0 Å². The summed E-state index contributed by atoms with van der Waals surface area (Å²) < 4.78 is 0.719. The number of carboxylic acids is 1. The quantitative estimate of drug-likeness (QED) is 0.758. The highest BCUT2D eigenvalue weighted by Gasteiger charge is 2.19. The molecule has 86 valence electrons. The monoisotopic (exact) mass is 287 g/mol. The number of nitrogens with one attached hydrogen (secondary N) is 1. The van der Waals surface area contributed by atoms with E-state index in [9.17, 15) is 9.59 Å². The van der Waals surface area contributed by atoms with Crippen LogP contribution in [0.3, 0.4) is 0 Å². The third kappa shape index (κ3) is 3.32. The van der Waals surface area contributed by atoms with Gasteiger partial charge in [0.1, 0.15) is 0 Å². The Hall–Kier alpha value is -1.40. The summed E-state index contributed by atoms with van der Waals surface area (Å²) in [5.41, 5.74) is 0.328. The first kappa shape index (κ1) is 12.7. The van der Waals surface area contributed by atoms with Gasteiger partial charge in [-0.15, -0.1) is 0 Å². The molecule has 0 spiro atoms. The smallest absolute Gasteiger partial charge is 0.328 e. The molecule has 6 heteroatoms. The standard InChI is InChI=1S/C10H10BrNO4/c11-7-3-1-2-6(4-7)9(14)12-8(5-13)10(15)16/h1-4,8,13H,5H2,(H,12,14)(H,15,16). The van der Waals surface area contributed by atoms with E-state index in [4.69, 9.17) is 10.2 Å². The van der Waals surface area contributed by atoms with Gasteiger partial charge in [-0.2, -0.15) is 0 Å². The largest absolute Gasteiger partial charge is 0.480 e. The van der Waals surface area contributed by atoms with Crippen molar-refractivity contribution in [3.63, 3.8) is 0 Å². The van der Waals surface area contributed by atoms with Crippen LogP contribution in [-0.2, 0) is 4.79 Å². The van der Waals surface area contributed by atoms with Crippen molar-refractivity contribution in [2.45, 2.75) is 6.04 Å². The van der Waals surface area contributed by atoms with Crippen LogP contribution in [-0.4, -0.2) is 34.7 Å². The molecule has 1 unspecified atom stereocenters. The van der Waals surface area contributed by atoms with Gasteiger partial charge < -0.3 is 15.5 Å². The van der Waals surface area contributed by atoms with Crippen molar-refractivity contribution in [1.82, 2.24) is 5.32 Å². The van der Waals surface area contributed by atoms with Crippen molar-refractivity contribution in [2.24, 2.45) is 0 Å². The second-order valence-electron chi connectivity index (χ2n) is 3.06. The second kappa shape index (κ2) is 5.62. The zero-order chi connectivity index (χ0) is 12.1. The van der Waals surface area contributed by atoms with E-state index in [0.717, 1.165) is 4.47 Å². The average Bonchev–Trinajstić information content (AvgIpc) is 2.25. The van der Waals surface area contributed by atoms with Crippen molar-refractivity contribution in [3.05, 3.63) is 34.3 Å². The Morgan fingerprint density at radius 2 is 2.12 bits per heavy atom. The SMILES string of the molecule is O=C(NC(CO)C(=O)O)c1cccc(Br)c1. The number of aliphatic hydroxyl groups is 1. The number of halogens is 1. The predicted octanol–water partition coefficient (Wildman–Crippen LogP) is 0.624. The number of benzene rings is 1. The number of carboxylic acid groups (broad SMARTS) is 1. The van der Waals surface area contributed by atoms with Crippen LogP contribution in [0, 0.1) is 0 Å². The van der Waals surface area contributed by atoms with E-state index >= 15 is 0 Å². The molecule has 5 nitrogen and oxygen atoms in total. The third-order valence-corrected chi connectivity index (χ3v) is 2.37. The lowest BCUT2D eigenvalue weighted by atomic mass is 10.2. The van der Waals surface area contributed by atoms with E-state index in [1.807, 2.05) is 0 Å². The van der Waals surface area contributed by atoms with Crippen molar-refractivity contribution < 1.29 is 19.8 Å². The molecular weight excluding hydrogens is 278 g/mol. The predicted molar refractivity (Wildman–Crippen MR) is 60.1 cm³/mol. The molecule has 0 fully saturated rings. The maximum Gasteiger partial charge on any atom is 0.328 e. The number of amides is 1. The van der Waals surface area contributed by atoms with Gasteiger partial charge in [-0.05, 0) is 18.2 Å². The summed E-state index contributed by atoms with van der Waals surface area (Å²) in [5, 5.41) is 19.6. The van der Waals surface area contributed by atoms with E-state index in [2.05, 4.69) is 21.2 Å². The van der Waals surface area contributed by atoms with Crippen LogP contribution in [0.25, 0.3) is 0 Å². The first-order valence-electron chi connectivity index (χ1n) is 4.44.